The molecule has 2 aromatic carbocycles. The van der Waals surface area contributed by atoms with Crippen molar-refractivity contribution in [2.24, 2.45) is 0 Å². The van der Waals surface area contributed by atoms with Gasteiger partial charge in [-0.25, -0.2) is 0 Å². The van der Waals surface area contributed by atoms with Crippen LogP contribution in [0.1, 0.15) is 12.0 Å². The molecular formula is C19H25ClN2O4S. The fourth-order valence-corrected chi connectivity index (χ4v) is 3.12. The fraction of sp³-hybridized carbons (Fsp3) is 0.368. The van der Waals surface area contributed by atoms with E-state index in [0.29, 0.717) is 6.54 Å². The molecule has 148 valence electrons. The number of nitro benzene ring substituents is 1. The van der Waals surface area contributed by atoms with E-state index in [0.717, 1.165) is 18.7 Å². The van der Waals surface area contributed by atoms with Crippen molar-refractivity contribution in [2.45, 2.75) is 24.3 Å². The number of hydrogen-bond donors (Lipinski definition) is 2. The predicted molar refractivity (Wildman–Crippen MR) is 111 cm³/mol. The second-order valence-corrected chi connectivity index (χ2v) is 7.08. The molecule has 8 heteroatoms. The Balaban J connectivity index is 0.00000364. The van der Waals surface area contributed by atoms with Crippen molar-refractivity contribution in [1.82, 2.24) is 5.32 Å². The molecule has 0 radical (unpaired) electrons. The van der Waals surface area contributed by atoms with E-state index in [9.17, 15) is 15.2 Å². The van der Waals surface area contributed by atoms with Crippen LogP contribution >= 0.6 is 24.2 Å². The summed E-state index contributed by atoms with van der Waals surface area (Å²) in [6.45, 7) is 3.26. The van der Waals surface area contributed by atoms with Crippen molar-refractivity contribution in [3.63, 3.8) is 0 Å². The van der Waals surface area contributed by atoms with Gasteiger partial charge >= 0.3 is 5.69 Å². The molecule has 0 bridgehead atoms. The second kappa shape index (κ2) is 12.6. The summed E-state index contributed by atoms with van der Waals surface area (Å²) in [6, 6.07) is 14.6. The first-order chi connectivity index (χ1) is 12.6. The molecule has 1 atom stereocenters. The van der Waals surface area contributed by atoms with E-state index in [1.165, 1.54) is 22.6 Å². The number of thioether (sulfide) groups is 1. The van der Waals surface area contributed by atoms with Gasteiger partial charge in [-0.05, 0) is 43.8 Å². The molecule has 0 aliphatic heterocycles. The summed E-state index contributed by atoms with van der Waals surface area (Å²) in [5.74, 6) is 1.17. The molecule has 0 aromatic heterocycles. The van der Waals surface area contributed by atoms with Gasteiger partial charge in [-0.2, -0.15) is 0 Å². The Kier molecular flexibility index (Phi) is 10.8. The molecule has 2 N–H and O–H groups in total. The number of aryl methyl sites for hydroxylation is 1. The van der Waals surface area contributed by atoms with Gasteiger partial charge in [0, 0.05) is 17.5 Å². The number of nitrogens with zero attached hydrogens (tertiary/aromatic N) is 1. The van der Waals surface area contributed by atoms with Crippen LogP contribution < -0.4 is 10.1 Å². The Morgan fingerprint density at radius 2 is 1.93 bits per heavy atom. The van der Waals surface area contributed by atoms with Gasteiger partial charge in [0.15, 0.2) is 5.75 Å². The van der Waals surface area contributed by atoms with Gasteiger partial charge in [0.1, 0.15) is 12.7 Å². The summed E-state index contributed by atoms with van der Waals surface area (Å²) >= 11 is 1.81. The minimum Gasteiger partial charge on any atom is -0.484 e. The molecule has 0 aliphatic rings. The number of ether oxygens (including phenoxy) is 1. The number of para-hydroxylation sites is 2. The zero-order chi connectivity index (χ0) is 18.8. The van der Waals surface area contributed by atoms with Crippen molar-refractivity contribution in [3.05, 3.63) is 64.2 Å². The van der Waals surface area contributed by atoms with Crippen LogP contribution in [0.2, 0.25) is 0 Å². The molecule has 0 saturated heterocycles. The molecule has 6 nitrogen and oxygen atoms in total. The average molecular weight is 413 g/mol. The summed E-state index contributed by atoms with van der Waals surface area (Å²) in [6.07, 6.45) is 0.260. The zero-order valence-electron chi connectivity index (χ0n) is 15.2. The van der Waals surface area contributed by atoms with Gasteiger partial charge in [0.05, 0.1) is 4.92 Å². The molecule has 1 unspecified atom stereocenters. The van der Waals surface area contributed by atoms with E-state index in [-0.39, 0.29) is 30.5 Å². The van der Waals surface area contributed by atoms with Crippen molar-refractivity contribution < 1.29 is 14.8 Å². The van der Waals surface area contributed by atoms with Gasteiger partial charge in [-0.15, -0.1) is 24.2 Å². The Morgan fingerprint density at radius 1 is 1.22 bits per heavy atom. The van der Waals surface area contributed by atoms with Crippen molar-refractivity contribution in [2.75, 3.05) is 25.4 Å². The van der Waals surface area contributed by atoms with Gasteiger partial charge in [-0.3, -0.25) is 10.1 Å². The molecule has 2 aromatic rings. The molecule has 0 amide bonds. The van der Waals surface area contributed by atoms with Crippen molar-refractivity contribution in [1.29, 1.82) is 0 Å². The van der Waals surface area contributed by atoms with E-state index in [1.807, 2.05) is 11.8 Å². The highest BCUT2D eigenvalue weighted by atomic mass is 35.5. The average Bonchev–Trinajstić information content (AvgIpc) is 2.64. The topological polar surface area (TPSA) is 84.6 Å². The van der Waals surface area contributed by atoms with Crippen LogP contribution in [0.3, 0.4) is 0 Å². The third kappa shape index (κ3) is 8.62. The number of rotatable bonds is 11. The van der Waals surface area contributed by atoms with Crippen LogP contribution in [-0.2, 0) is 0 Å². The lowest BCUT2D eigenvalue weighted by Crippen LogP contribution is -2.32. The molecule has 0 spiro atoms. The maximum atomic E-state index is 10.9. The van der Waals surface area contributed by atoms with Crippen LogP contribution in [-0.4, -0.2) is 41.6 Å². The second-order valence-electron chi connectivity index (χ2n) is 5.91. The number of nitro groups is 1. The highest BCUT2D eigenvalue weighted by molar-refractivity contribution is 7.99. The first kappa shape index (κ1) is 23.2. The lowest BCUT2D eigenvalue weighted by molar-refractivity contribution is -0.385. The third-order valence-corrected chi connectivity index (χ3v) is 4.76. The quantitative estimate of drug-likeness (QED) is 0.252. The highest BCUT2D eigenvalue weighted by Crippen LogP contribution is 2.25. The molecule has 0 heterocycles. The molecular weight excluding hydrogens is 388 g/mol. The van der Waals surface area contributed by atoms with E-state index in [1.54, 1.807) is 12.1 Å². The molecule has 0 saturated carbocycles. The fourth-order valence-electron chi connectivity index (χ4n) is 2.27. The first-order valence-electron chi connectivity index (χ1n) is 8.50. The Bertz CT molecular complexity index is 700. The summed E-state index contributed by atoms with van der Waals surface area (Å²) in [7, 11) is 0. The maximum Gasteiger partial charge on any atom is 0.310 e. The minimum atomic E-state index is -0.723. The number of benzene rings is 2. The molecule has 0 fully saturated rings. The van der Waals surface area contributed by atoms with Gasteiger partial charge in [0.2, 0.25) is 0 Å². The smallest absolute Gasteiger partial charge is 0.310 e. The first-order valence-corrected chi connectivity index (χ1v) is 9.49. The number of halogens is 1. The third-order valence-electron chi connectivity index (χ3n) is 3.66. The Labute approximate surface area is 169 Å². The number of nitrogens with one attached hydrogen (secondary N) is 1. The van der Waals surface area contributed by atoms with Crippen LogP contribution in [0.5, 0.6) is 5.75 Å². The van der Waals surface area contributed by atoms with Gasteiger partial charge < -0.3 is 15.2 Å². The summed E-state index contributed by atoms with van der Waals surface area (Å²) in [4.78, 5) is 11.7. The SMILES string of the molecule is Cc1ccc(SCCCNCC(O)COc2ccccc2[N+](=O)[O-])cc1.Cl. The van der Waals surface area contributed by atoms with E-state index in [4.69, 9.17) is 4.74 Å². The summed E-state index contributed by atoms with van der Waals surface area (Å²) in [5, 5.41) is 24.0. The predicted octanol–water partition coefficient (Wildman–Crippen LogP) is 3.84. The maximum absolute atomic E-state index is 10.9. The zero-order valence-corrected chi connectivity index (χ0v) is 16.8. The number of aliphatic hydroxyl groups is 1. The summed E-state index contributed by atoms with van der Waals surface area (Å²) in [5.41, 5.74) is 1.16. The largest absolute Gasteiger partial charge is 0.484 e. The van der Waals surface area contributed by atoms with E-state index >= 15 is 0 Å². The van der Waals surface area contributed by atoms with Crippen LogP contribution in [0.15, 0.2) is 53.4 Å². The standard InChI is InChI=1S/C19H24N2O4S.ClH/c1-15-7-9-17(10-8-15)26-12-4-11-20-13-16(22)14-25-19-6-3-2-5-18(19)21(23)24;/h2-3,5-10,16,20,22H,4,11-14H2,1H3;1H. The van der Waals surface area contributed by atoms with Crippen molar-refractivity contribution in [3.8, 4) is 5.75 Å². The lowest BCUT2D eigenvalue weighted by Gasteiger charge is -2.13. The minimum absolute atomic E-state index is 0. The summed E-state index contributed by atoms with van der Waals surface area (Å²) < 4.78 is 5.37. The van der Waals surface area contributed by atoms with E-state index < -0.39 is 11.0 Å². The Hall–Kier alpha value is -1.80. The van der Waals surface area contributed by atoms with Crippen LogP contribution in [0.25, 0.3) is 0 Å². The molecule has 27 heavy (non-hydrogen) atoms. The normalized spacial score (nSPS) is 11.5. The highest BCUT2D eigenvalue weighted by Gasteiger charge is 2.15. The van der Waals surface area contributed by atoms with Gasteiger partial charge in [0.25, 0.3) is 0 Å². The monoisotopic (exact) mass is 412 g/mol. The van der Waals surface area contributed by atoms with Crippen LogP contribution in [0, 0.1) is 17.0 Å². The molecule has 2 rings (SSSR count). The number of aliphatic hydroxyl groups excluding tert-OH is 1. The number of hydrogen-bond acceptors (Lipinski definition) is 6. The lowest BCUT2D eigenvalue weighted by atomic mass is 10.2. The Morgan fingerprint density at radius 3 is 2.63 bits per heavy atom. The molecule has 0 aliphatic carbocycles. The van der Waals surface area contributed by atoms with Crippen molar-refractivity contribution >= 4 is 29.9 Å². The van der Waals surface area contributed by atoms with Crippen LogP contribution in [0.4, 0.5) is 5.69 Å². The van der Waals surface area contributed by atoms with E-state index in [2.05, 4.69) is 36.5 Å². The van der Waals surface area contributed by atoms with Gasteiger partial charge in [-0.1, -0.05) is 29.8 Å².